The molecule has 0 aliphatic carbocycles. The number of hydrogen-bond acceptors (Lipinski definition) is 7. The molecular weight excluding hydrogens is 444 g/mol. The number of nitro benzene ring substituents is 1. The van der Waals surface area contributed by atoms with Crippen molar-refractivity contribution in [2.24, 2.45) is 5.10 Å². The van der Waals surface area contributed by atoms with E-state index in [9.17, 15) is 14.9 Å². The molecular formula is C19H19BrN4O5. The van der Waals surface area contributed by atoms with Gasteiger partial charge in [-0.3, -0.25) is 14.9 Å². The van der Waals surface area contributed by atoms with Gasteiger partial charge in [-0.1, -0.05) is 12.1 Å². The number of non-ortho nitro benzene ring substituents is 1. The Morgan fingerprint density at radius 3 is 2.79 bits per heavy atom. The summed E-state index contributed by atoms with van der Waals surface area (Å²) in [5.74, 6) is 0.0928. The van der Waals surface area contributed by atoms with Crippen LogP contribution in [0.5, 0.6) is 5.75 Å². The zero-order valence-corrected chi connectivity index (χ0v) is 17.0. The van der Waals surface area contributed by atoms with Crippen molar-refractivity contribution < 1.29 is 19.2 Å². The predicted molar refractivity (Wildman–Crippen MR) is 112 cm³/mol. The highest BCUT2D eigenvalue weighted by atomic mass is 79.9. The summed E-state index contributed by atoms with van der Waals surface area (Å²) in [6.07, 6.45) is 1.40. The van der Waals surface area contributed by atoms with E-state index in [1.807, 2.05) is 6.07 Å². The number of rotatable bonds is 7. The van der Waals surface area contributed by atoms with Gasteiger partial charge in [0.2, 0.25) is 0 Å². The summed E-state index contributed by atoms with van der Waals surface area (Å²) in [7, 11) is 0. The molecule has 0 spiro atoms. The molecule has 0 saturated carbocycles. The van der Waals surface area contributed by atoms with Crippen molar-refractivity contribution in [3.63, 3.8) is 0 Å². The molecule has 1 saturated heterocycles. The van der Waals surface area contributed by atoms with Gasteiger partial charge in [0.1, 0.15) is 5.75 Å². The Kier molecular flexibility index (Phi) is 7.14. The van der Waals surface area contributed by atoms with Crippen molar-refractivity contribution in [3.05, 3.63) is 62.6 Å². The number of hydrazone groups is 1. The minimum absolute atomic E-state index is 0.0490. The third-order valence-electron chi connectivity index (χ3n) is 4.16. The first-order valence-corrected chi connectivity index (χ1v) is 9.64. The predicted octanol–water partition coefficient (Wildman–Crippen LogP) is 2.72. The molecule has 1 heterocycles. The standard InChI is InChI=1S/C19H19BrN4O5/c20-16-3-1-2-4-18(16)29-13-19(25)22-21-12-14-11-15(24(26)27)5-6-17(14)23-7-9-28-10-8-23/h1-6,11-12H,7-10,13H2,(H,22,25)/b21-12-. The van der Waals surface area contributed by atoms with Gasteiger partial charge in [0.05, 0.1) is 28.8 Å². The summed E-state index contributed by atoms with van der Waals surface area (Å²) in [5, 5.41) is 15.0. The molecule has 152 valence electrons. The maximum absolute atomic E-state index is 12.0. The van der Waals surface area contributed by atoms with Crippen LogP contribution in [0.25, 0.3) is 0 Å². The van der Waals surface area contributed by atoms with E-state index >= 15 is 0 Å². The molecule has 1 fully saturated rings. The maximum Gasteiger partial charge on any atom is 0.277 e. The van der Waals surface area contributed by atoms with Gasteiger partial charge >= 0.3 is 0 Å². The van der Waals surface area contributed by atoms with Crippen LogP contribution in [0.4, 0.5) is 11.4 Å². The average molecular weight is 463 g/mol. The zero-order valence-electron chi connectivity index (χ0n) is 15.4. The molecule has 10 heteroatoms. The Morgan fingerprint density at radius 2 is 2.07 bits per heavy atom. The number of nitrogens with one attached hydrogen (secondary N) is 1. The Morgan fingerprint density at radius 1 is 1.31 bits per heavy atom. The molecule has 29 heavy (non-hydrogen) atoms. The van der Waals surface area contributed by atoms with Crippen LogP contribution < -0.4 is 15.1 Å². The molecule has 2 aromatic carbocycles. The summed E-state index contributed by atoms with van der Waals surface area (Å²) in [6.45, 7) is 2.29. The van der Waals surface area contributed by atoms with Gasteiger partial charge in [-0.2, -0.15) is 5.10 Å². The summed E-state index contributed by atoms with van der Waals surface area (Å²) >= 11 is 3.34. The smallest absolute Gasteiger partial charge is 0.277 e. The number of carbonyl (C=O) groups excluding carboxylic acids is 1. The molecule has 0 radical (unpaired) electrons. The Balaban J connectivity index is 1.66. The van der Waals surface area contributed by atoms with Gasteiger partial charge in [0, 0.05) is 36.5 Å². The molecule has 0 atom stereocenters. The van der Waals surface area contributed by atoms with Crippen molar-refractivity contribution in [2.75, 3.05) is 37.8 Å². The summed E-state index contributed by atoms with van der Waals surface area (Å²) in [4.78, 5) is 24.7. The first-order chi connectivity index (χ1) is 14.0. The van der Waals surface area contributed by atoms with E-state index in [1.165, 1.54) is 18.3 Å². The molecule has 1 aliphatic rings. The minimum atomic E-state index is -0.468. The molecule has 9 nitrogen and oxygen atoms in total. The normalized spacial score (nSPS) is 14.0. The first-order valence-electron chi connectivity index (χ1n) is 8.85. The van der Waals surface area contributed by atoms with Crippen LogP contribution in [0.1, 0.15) is 5.56 Å². The maximum atomic E-state index is 12.0. The van der Waals surface area contributed by atoms with Gasteiger partial charge in [-0.25, -0.2) is 5.43 Å². The highest BCUT2D eigenvalue weighted by Gasteiger charge is 2.17. The van der Waals surface area contributed by atoms with Crippen LogP contribution in [0.15, 0.2) is 52.0 Å². The third-order valence-corrected chi connectivity index (χ3v) is 4.82. The highest BCUT2D eigenvalue weighted by Crippen LogP contribution is 2.25. The van der Waals surface area contributed by atoms with Gasteiger partial charge in [0.25, 0.3) is 11.6 Å². The second-order valence-electron chi connectivity index (χ2n) is 6.11. The molecule has 1 N–H and O–H groups in total. The summed E-state index contributed by atoms with van der Waals surface area (Å²) < 4.78 is 11.5. The quantitative estimate of drug-likeness (QED) is 0.385. The van der Waals surface area contributed by atoms with E-state index in [4.69, 9.17) is 9.47 Å². The molecule has 1 aliphatic heterocycles. The topological polar surface area (TPSA) is 106 Å². The van der Waals surface area contributed by atoms with E-state index in [1.54, 1.807) is 24.3 Å². The SMILES string of the molecule is O=C(COc1ccccc1Br)N/N=C\c1cc([N+](=O)[O-])ccc1N1CCOCC1. The molecule has 3 rings (SSSR count). The average Bonchev–Trinajstić information content (AvgIpc) is 2.73. The van der Waals surface area contributed by atoms with Crippen LogP contribution in [-0.4, -0.2) is 50.0 Å². The Hall–Kier alpha value is -2.98. The van der Waals surface area contributed by atoms with Crippen molar-refractivity contribution in [1.29, 1.82) is 0 Å². The lowest BCUT2D eigenvalue weighted by molar-refractivity contribution is -0.384. The number of nitrogens with zero attached hydrogens (tertiary/aromatic N) is 3. The number of ether oxygens (including phenoxy) is 2. The van der Waals surface area contributed by atoms with E-state index in [0.29, 0.717) is 37.6 Å². The number of carbonyl (C=O) groups is 1. The van der Waals surface area contributed by atoms with Gasteiger partial charge in [-0.05, 0) is 34.1 Å². The second kappa shape index (κ2) is 9.99. The number of anilines is 1. The van der Waals surface area contributed by atoms with Crippen LogP contribution in [0.2, 0.25) is 0 Å². The number of nitro groups is 1. The van der Waals surface area contributed by atoms with Gasteiger partial charge in [0.15, 0.2) is 6.61 Å². The fourth-order valence-corrected chi connectivity index (χ4v) is 3.16. The summed E-state index contributed by atoms with van der Waals surface area (Å²) in [5.41, 5.74) is 3.66. The van der Waals surface area contributed by atoms with Gasteiger partial charge < -0.3 is 14.4 Å². The molecule has 1 amide bonds. The third kappa shape index (κ3) is 5.75. The fraction of sp³-hybridized carbons (Fsp3) is 0.263. The fourth-order valence-electron chi connectivity index (χ4n) is 2.76. The van der Waals surface area contributed by atoms with E-state index in [2.05, 4.69) is 31.4 Å². The lowest BCUT2D eigenvalue weighted by Crippen LogP contribution is -2.36. The number of para-hydroxylation sites is 1. The van der Waals surface area contributed by atoms with Crippen molar-refractivity contribution in [3.8, 4) is 5.75 Å². The van der Waals surface area contributed by atoms with Crippen LogP contribution >= 0.6 is 15.9 Å². The number of benzene rings is 2. The molecule has 0 unspecified atom stereocenters. The highest BCUT2D eigenvalue weighted by molar-refractivity contribution is 9.10. The van der Waals surface area contributed by atoms with Crippen molar-refractivity contribution in [1.82, 2.24) is 5.43 Å². The number of morpholine rings is 1. The molecule has 0 bridgehead atoms. The van der Waals surface area contributed by atoms with Crippen LogP contribution in [0.3, 0.4) is 0 Å². The van der Waals surface area contributed by atoms with Crippen LogP contribution in [-0.2, 0) is 9.53 Å². The minimum Gasteiger partial charge on any atom is -0.483 e. The van der Waals surface area contributed by atoms with E-state index < -0.39 is 10.8 Å². The van der Waals surface area contributed by atoms with E-state index in [0.717, 1.165) is 10.2 Å². The molecule has 0 aromatic heterocycles. The van der Waals surface area contributed by atoms with Crippen molar-refractivity contribution >= 4 is 39.4 Å². The lowest BCUT2D eigenvalue weighted by Gasteiger charge is -2.29. The lowest BCUT2D eigenvalue weighted by atomic mass is 10.1. The zero-order chi connectivity index (χ0) is 20.6. The first kappa shape index (κ1) is 20.7. The Bertz CT molecular complexity index is 915. The van der Waals surface area contributed by atoms with E-state index in [-0.39, 0.29) is 12.3 Å². The largest absolute Gasteiger partial charge is 0.483 e. The Labute approximate surface area is 175 Å². The molecule has 2 aromatic rings. The van der Waals surface area contributed by atoms with Gasteiger partial charge in [-0.15, -0.1) is 0 Å². The number of halogens is 1. The second-order valence-corrected chi connectivity index (χ2v) is 6.97. The monoisotopic (exact) mass is 462 g/mol. The summed E-state index contributed by atoms with van der Waals surface area (Å²) in [6, 6.07) is 11.7. The number of amides is 1. The van der Waals surface area contributed by atoms with Crippen molar-refractivity contribution in [2.45, 2.75) is 0 Å². The van der Waals surface area contributed by atoms with Crippen LogP contribution in [0, 0.1) is 10.1 Å². The number of hydrogen-bond donors (Lipinski definition) is 1.